The summed E-state index contributed by atoms with van der Waals surface area (Å²) in [6, 6.07) is 1.05. The molecule has 0 aliphatic carbocycles. The first-order valence-corrected chi connectivity index (χ1v) is 6.11. The van der Waals surface area contributed by atoms with E-state index in [0.29, 0.717) is 11.5 Å². The number of urea groups is 1. The molecular weight excluding hydrogens is 278 g/mol. The molecule has 21 heavy (non-hydrogen) atoms. The molecule has 1 aliphatic rings. The number of fused-ring (bicyclic) bond motifs is 1. The summed E-state index contributed by atoms with van der Waals surface area (Å²) in [5.74, 6) is 0.509. The maximum atomic E-state index is 12.5. The van der Waals surface area contributed by atoms with Gasteiger partial charge >= 0.3 is 6.03 Å². The van der Waals surface area contributed by atoms with Crippen molar-refractivity contribution in [1.29, 1.82) is 0 Å². The molecule has 8 nitrogen and oxygen atoms in total. The van der Waals surface area contributed by atoms with Crippen molar-refractivity contribution in [3.8, 4) is 17.2 Å². The lowest BCUT2D eigenvalue weighted by molar-refractivity contribution is 0.0417. The number of amides is 3. The van der Waals surface area contributed by atoms with Crippen LogP contribution in [0.1, 0.15) is 10.4 Å². The zero-order valence-corrected chi connectivity index (χ0v) is 12.5. The third-order valence-corrected chi connectivity index (χ3v) is 3.33. The Morgan fingerprint density at radius 3 is 2.10 bits per heavy atom. The fourth-order valence-electron chi connectivity index (χ4n) is 2.08. The molecule has 114 valence electrons. The van der Waals surface area contributed by atoms with E-state index in [4.69, 9.17) is 14.2 Å². The van der Waals surface area contributed by atoms with Gasteiger partial charge in [-0.05, 0) is 6.07 Å². The van der Waals surface area contributed by atoms with Crippen molar-refractivity contribution in [2.24, 2.45) is 0 Å². The highest BCUT2D eigenvalue weighted by atomic mass is 16.5. The second-order valence-electron chi connectivity index (χ2n) is 4.35. The van der Waals surface area contributed by atoms with E-state index in [2.05, 4.69) is 5.32 Å². The van der Waals surface area contributed by atoms with E-state index < -0.39 is 6.03 Å². The number of ether oxygens (including phenoxy) is 3. The maximum Gasteiger partial charge on any atom is 0.340 e. The van der Waals surface area contributed by atoms with E-state index in [-0.39, 0.29) is 22.9 Å². The van der Waals surface area contributed by atoms with Gasteiger partial charge in [-0.3, -0.25) is 4.79 Å². The molecule has 1 aromatic rings. The molecule has 1 aliphatic heterocycles. The van der Waals surface area contributed by atoms with Crippen LogP contribution in [0.25, 0.3) is 0 Å². The van der Waals surface area contributed by atoms with E-state index in [1.165, 1.54) is 51.5 Å². The van der Waals surface area contributed by atoms with Crippen molar-refractivity contribution in [3.63, 3.8) is 0 Å². The predicted molar refractivity (Wildman–Crippen MR) is 75.0 cm³/mol. The van der Waals surface area contributed by atoms with Gasteiger partial charge in [-0.25, -0.2) is 14.8 Å². The molecule has 8 heteroatoms. The van der Waals surface area contributed by atoms with Crippen molar-refractivity contribution in [3.05, 3.63) is 11.6 Å². The summed E-state index contributed by atoms with van der Waals surface area (Å²) >= 11 is 0. The highest BCUT2D eigenvalue weighted by Gasteiger charge is 2.33. The summed E-state index contributed by atoms with van der Waals surface area (Å²) in [6.07, 6.45) is 0. The Balaban J connectivity index is 2.75. The summed E-state index contributed by atoms with van der Waals surface area (Å²) in [6.45, 7) is 0. The van der Waals surface area contributed by atoms with Gasteiger partial charge in [0.1, 0.15) is 5.69 Å². The normalized spacial score (nSPS) is 14.3. The van der Waals surface area contributed by atoms with E-state index in [1.54, 1.807) is 0 Å². The van der Waals surface area contributed by atoms with Crippen LogP contribution >= 0.6 is 0 Å². The summed E-state index contributed by atoms with van der Waals surface area (Å²) in [5.41, 5.74) is 0.506. The van der Waals surface area contributed by atoms with Crippen LogP contribution in [0, 0.1) is 0 Å². The molecule has 0 saturated carbocycles. The second-order valence-corrected chi connectivity index (χ2v) is 4.35. The molecule has 1 N–H and O–H groups in total. The lowest BCUT2D eigenvalue weighted by Crippen LogP contribution is -2.44. The lowest BCUT2D eigenvalue weighted by Gasteiger charge is -2.24. The molecule has 0 aromatic heterocycles. The number of hydrazine groups is 1. The molecule has 3 amide bonds. The topological polar surface area (TPSA) is 80.3 Å². The molecule has 2 rings (SSSR count). The van der Waals surface area contributed by atoms with Gasteiger partial charge in [-0.15, -0.1) is 0 Å². The number of carbonyl (C=O) groups is 2. The summed E-state index contributed by atoms with van der Waals surface area (Å²) in [5, 5.41) is 5.01. The monoisotopic (exact) mass is 295 g/mol. The van der Waals surface area contributed by atoms with Gasteiger partial charge in [0.25, 0.3) is 5.91 Å². The molecule has 1 heterocycles. The van der Waals surface area contributed by atoms with Crippen molar-refractivity contribution in [1.82, 2.24) is 10.0 Å². The quantitative estimate of drug-likeness (QED) is 0.905. The SMILES string of the molecule is COc1cc2c(c(OC)c1OC)NC(=O)N(C)N(C)C2=O. The predicted octanol–water partition coefficient (Wildman–Crippen LogP) is 1.18. The van der Waals surface area contributed by atoms with Crippen LogP contribution in [-0.4, -0.2) is 57.4 Å². The molecule has 0 fully saturated rings. The molecular formula is C13H17N3O5. The fraction of sp³-hybridized carbons (Fsp3) is 0.385. The van der Waals surface area contributed by atoms with Crippen molar-refractivity contribution < 1.29 is 23.8 Å². The molecule has 0 radical (unpaired) electrons. The minimum absolute atomic E-state index is 0.234. The van der Waals surface area contributed by atoms with Gasteiger partial charge in [0, 0.05) is 14.1 Å². The number of nitrogens with one attached hydrogen (secondary N) is 1. The van der Waals surface area contributed by atoms with Crippen LogP contribution in [-0.2, 0) is 0 Å². The average Bonchev–Trinajstić information content (AvgIpc) is 2.57. The molecule has 0 saturated heterocycles. The Morgan fingerprint density at radius 1 is 0.952 bits per heavy atom. The Bertz CT molecular complexity index is 602. The Labute approximate surface area is 122 Å². The highest BCUT2D eigenvalue weighted by molar-refractivity contribution is 6.09. The van der Waals surface area contributed by atoms with Gasteiger partial charge in [0.15, 0.2) is 11.5 Å². The first-order valence-electron chi connectivity index (χ1n) is 6.11. The first kappa shape index (κ1) is 14.8. The molecule has 0 atom stereocenters. The van der Waals surface area contributed by atoms with E-state index in [9.17, 15) is 9.59 Å². The van der Waals surface area contributed by atoms with Gasteiger partial charge in [-0.1, -0.05) is 0 Å². The van der Waals surface area contributed by atoms with Crippen molar-refractivity contribution in [2.75, 3.05) is 40.7 Å². The number of methoxy groups -OCH3 is 3. The standard InChI is InChI=1S/C13H17N3O5/c1-15-12(17)7-6-8(19-3)10(20-4)11(21-5)9(7)14-13(18)16(15)2/h6H,1-5H3,(H,14,18). The third-order valence-electron chi connectivity index (χ3n) is 3.33. The van der Waals surface area contributed by atoms with Crippen molar-refractivity contribution in [2.45, 2.75) is 0 Å². The Morgan fingerprint density at radius 2 is 1.57 bits per heavy atom. The van der Waals surface area contributed by atoms with E-state index >= 15 is 0 Å². The number of hydrogen-bond acceptors (Lipinski definition) is 5. The summed E-state index contributed by atoms with van der Waals surface area (Å²) < 4.78 is 15.8. The zero-order chi connectivity index (χ0) is 15.7. The van der Waals surface area contributed by atoms with E-state index in [1.807, 2.05) is 0 Å². The Kier molecular flexibility index (Phi) is 3.79. The Hall–Kier alpha value is -2.64. The zero-order valence-electron chi connectivity index (χ0n) is 12.5. The van der Waals surface area contributed by atoms with Crippen LogP contribution in [0.2, 0.25) is 0 Å². The number of anilines is 1. The summed E-state index contributed by atoms with van der Waals surface area (Å²) in [7, 11) is 7.32. The highest BCUT2D eigenvalue weighted by Crippen LogP contribution is 2.46. The van der Waals surface area contributed by atoms with E-state index in [0.717, 1.165) is 0 Å². The molecule has 0 unspecified atom stereocenters. The number of rotatable bonds is 3. The molecule has 0 spiro atoms. The van der Waals surface area contributed by atoms with Crippen LogP contribution in [0.5, 0.6) is 17.2 Å². The minimum Gasteiger partial charge on any atom is -0.493 e. The smallest absolute Gasteiger partial charge is 0.340 e. The van der Waals surface area contributed by atoms with Gasteiger partial charge in [0.2, 0.25) is 5.75 Å². The maximum absolute atomic E-state index is 12.5. The number of nitrogens with zero attached hydrogens (tertiary/aromatic N) is 2. The first-order chi connectivity index (χ1) is 9.96. The molecule has 0 bridgehead atoms. The average molecular weight is 295 g/mol. The van der Waals surface area contributed by atoms with Gasteiger partial charge in [-0.2, -0.15) is 0 Å². The fourth-order valence-corrected chi connectivity index (χ4v) is 2.08. The second kappa shape index (κ2) is 5.39. The van der Waals surface area contributed by atoms with Crippen LogP contribution < -0.4 is 19.5 Å². The van der Waals surface area contributed by atoms with Gasteiger partial charge in [0.05, 0.1) is 26.9 Å². The number of carbonyl (C=O) groups excluding carboxylic acids is 2. The van der Waals surface area contributed by atoms with Crippen LogP contribution in [0.4, 0.5) is 10.5 Å². The lowest BCUT2D eigenvalue weighted by atomic mass is 10.1. The largest absolute Gasteiger partial charge is 0.493 e. The molecule has 1 aromatic carbocycles. The number of benzene rings is 1. The van der Waals surface area contributed by atoms with Crippen LogP contribution in [0.15, 0.2) is 6.07 Å². The third kappa shape index (κ3) is 2.18. The van der Waals surface area contributed by atoms with Crippen molar-refractivity contribution >= 4 is 17.6 Å². The van der Waals surface area contributed by atoms with Gasteiger partial charge < -0.3 is 19.5 Å². The summed E-state index contributed by atoms with van der Waals surface area (Å²) in [4.78, 5) is 24.5. The minimum atomic E-state index is -0.463. The van der Waals surface area contributed by atoms with Crippen LogP contribution in [0.3, 0.4) is 0 Å². The number of hydrogen-bond donors (Lipinski definition) is 1.